The largest absolute Gasteiger partial charge is 0.443 e. The number of rotatable bonds is 3. The summed E-state index contributed by atoms with van der Waals surface area (Å²) in [6.07, 6.45) is 1.42. The third-order valence-corrected chi connectivity index (χ3v) is 4.57. The van der Waals surface area contributed by atoms with Gasteiger partial charge in [-0.05, 0) is 56.4 Å². The maximum atomic E-state index is 15.0. The molecular formula is C23H29FN4O3. The van der Waals surface area contributed by atoms with Crippen LogP contribution in [0.2, 0.25) is 0 Å². The van der Waals surface area contributed by atoms with Crippen LogP contribution in [0.15, 0.2) is 35.3 Å². The fourth-order valence-corrected chi connectivity index (χ4v) is 3.40. The van der Waals surface area contributed by atoms with Crippen molar-refractivity contribution in [2.45, 2.75) is 60.1 Å². The fourth-order valence-electron chi connectivity index (χ4n) is 3.40. The molecule has 0 atom stereocenters. The number of ether oxygens (including phenoxy) is 1. The van der Waals surface area contributed by atoms with Crippen molar-refractivity contribution in [2.75, 3.05) is 5.73 Å². The summed E-state index contributed by atoms with van der Waals surface area (Å²) in [5.41, 5.74) is 5.76. The minimum atomic E-state index is -0.793. The van der Waals surface area contributed by atoms with E-state index < -0.39 is 23.1 Å². The minimum Gasteiger partial charge on any atom is -0.443 e. The highest BCUT2D eigenvalue weighted by Crippen LogP contribution is 2.29. The second-order valence-electron chi connectivity index (χ2n) is 9.88. The molecule has 1 aromatic carbocycles. The van der Waals surface area contributed by atoms with Crippen LogP contribution in [0, 0.1) is 11.2 Å². The van der Waals surface area contributed by atoms with E-state index in [0.717, 1.165) is 10.1 Å². The lowest BCUT2D eigenvalue weighted by molar-refractivity contribution is 0.0537. The number of hydrogen-bond donors (Lipinski definition) is 1. The summed E-state index contributed by atoms with van der Waals surface area (Å²) in [7, 11) is 0. The molecule has 0 radical (unpaired) electrons. The Morgan fingerprint density at radius 1 is 1.16 bits per heavy atom. The Morgan fingerprint density at radius 3 is 2.45 bits per heavy atom. The van der Waals surface area contributed by atoms with Crippen LogP contribution >= 0.6 is 0 Å². The lowest BCUT2D eigenvalue weighted by Crippen LogP contribution is -2.30. The Balaban J connectivity index is 2.26. The molecule has 2 N–H and O–H groups in total. The summed E-state index contributed by atoms with van der Waals surface area (Å²) in [6, 6.07) is 6.15. The molecular weight excluding hydrogens is 399 g/mol. The zero-order valence-corrected chi connectivity index (χ0v) is 18.8. The lowest BCUT2D eigenvalue weighted by Gasteiger charge is -2.21. The minimum absolute atomic E-state index is 0.0444. The summed E-state index contributed by atoms with van der Waals surface area (Å²) in [4.78, 5) is 30.1. The molecule has 8 heteroatoms. The average molecular weight is 429 g/mol. The maximum Gasteiger partial charge on any atom is 0.420 e. The number of hydrogen-bond acceptors (Lipinski definition) is 5. The van der Waals surface area contributed by atoms with E-state index in [9.17, 15) is 14.0 Å². The summed E-state index contributed by atoms with van der Waals surface area (Å²) in [5.74, 6) is -0.394. The smallest absolute Gasteiger partial charge is 0.420 e. The van der Waals surface area contributed by atoms with Gasteiger partial charge in [0.2, 0.25) is 0 Å². The van der Waals surface area contributed by atoms with Crippen molar-refractivity contribution >= 4 is 22.8 Å². The first-order valence-corrected chi connectivity index (χ1v) is 10.1. The first-order valence-electron chi connectivity index (χ1n) is 10.1. The van der Waals surface area contributed by atoms with Gasteiger partial charge in [0.05, 0.1) is 17.7 Å². The van der Waals surface area contributed by atoms with E-state index >= 15 is 0 Å². The Morgan fingerprint density at radius 2 is 1.84 bits per heavy atom. The molecule has 0 saturated carbocycles. The quantitative estimate of drug-likeness (QED) is 0.670. The van der Waals surface area contributed by atoms with E-state index in [4.69, 9.17) is 10.5 Å². The highest BCUT2D eigenvalue weighted by molar-refractivity contribution is 5.90. The van der Waals surface area contributed by atoms with Crippen molar-refractivity contribution in [2.24, 2.45) is 5.41 Å². The summed E-state index contributed by atoms with van der Waals surface area (Å²) >= 11 is 0. The highest BCUT2D eigenvalue weighted by atomic mass is 19.1. The molecule has 0 saturated heterocycles. The van der Waals surface area contributed by atoms with Crippen LogP contribution in [0.5, 0.6) is 0 Å². The zero-order valence-electron chi connectivity index (χ0n) is 18.8. The third-order valence-electron chi connectivity index (χ3n) is 4.57. The number of nitrogens with zero attached hydrogens (tertiary/aromatic N) is 3. The van der Waals surface area contributed by atoms with Crippen LogP contribution in [-0.4, -0.2) is 25.8 Å². The van der Waals surface area contributed by atoms with Crippen LogP contribution < -0.4 is 11.3 Å². The second kappa shape index (κ2) is 7.83. The van der Waals surface area contributed by atoms with E-state index in [-0.39, 0.29) is 29.0 Å². The van der Waals surface area contributed by atoms with Crippen LogP contribution in [0.25, 0.3) is 11.0 Å². The number of aromatic nitrogens is 3. The van der Waals surface area contributed by atoms with Gasteiger partial charge in [-0.25, -0.2) is 18.7 Å². The van der Waals surface area contributed by atoms with Crippen LogP contribution in [-0.2, 0) is 17.7 Å². The monoisotopic (exact) mass is 428 g/mol. The van der Waals surface area contributed by atoms with Gasteiger partial charge in [-0.1, -0.05) is 26.8 Å². The molecule has 0 fully saturated rings. The van der Waals surface area contributed by atoms with Crippen molar-refractivity contribution in [3.8, 4) is 0 Å². The number of nitrogen functional groups attached to an aromatic ring is 1. The van der Waals surface area contributed by atoms with Gasteiger partial charge in [-0.3, -0.25) is 4.79 Å². The van der Waals surface area contributed by atoms with Gasteiger partial charge in [-0.15, -0.1) is 0 Å². The fraction of sp³-hybridized carbons (Fsp3) is 0.435. The van der Waals surface area contributed by atoms with Crippen LogP contribution in [0.3, 0.4) is 0 Å². The standard InChI is InChI=1S/C23H29FN4O3/c1-22(2,3)12-14-9-10-15(24)19-18(14)26-17(28(19)21(30)31-23(4,5)6)13-27-11-7-8-16(25)20(27)29/h7-11H,12-13,25H2,1-6H3. The van der Waals surface area contributed by atoms with Gasteiger partial charge in [0.15, 0.2) is 0 Å². The molecule has 0 bridgehead atoms. The van der Waals surface area contributed by atoms with Gasteiger partial charge in [0.25, 0.3) is 5.56 Å². The number of fused-ring (bicyclic) bond motifs is 1. The zero-order chi connectivity index (χ0) is 23.1. The number of halogens is 1. The van der Waals surface area contributed by atoms with Crippen molar-refractivity contribution in [3.63, 3.8) is 0 Å². The van der Waals surface area contributed by atoms with E-state index in [0.29, 0.717) is 11.9 Å². The summed E-state index contributed by atoms with van der Waals surface area (Å²) in [5, 5.41) is 0. The highest BCUT2D eigenvalue weighted by Gasteiger charge is 2.27. The predicted molar refractivity (Wildman–Crippen MR) is 119 cm³/mol. The Hall–Kier alpha value is -3.16. The van der Waals surface area contributed by atoms with Gasteiger partial charge < -0.3 is 15.0 Å². The van der Waals surface area contributed by atoms with E-state index in [1.165, 1.54) is 16.7 Å². The van der Waals surface area contributed by atoms with Crippen molar-refractivity contribution in [3.05, 3.63) is 58.0 Å². The SMILES string of the molecule is CC(C)(C)Cc1ccc(F)c2c1nc(Cn1cccc(N)c1=O)n2C(=O)OC(C)(C)C. The molecule has 31 heavy (non-hydrogen) atoms. The lowest BCUT2D eigenvalue weighted by atomic mass is 9.87. The number of pyridine rings is 1. The number of benzene rings is 1. The second-order valence-corrected chi connectivity index (χ2v) is 9.88. The van der Waals surface area contributed by atoms with E-state index in [2.05, 4.69) is 25.8 Å². The first-order chi connectivity index (χ1) is 14.3. The molecule has 166 valence electrons. The van der Waals surface area contributed by atoms with Gasteiger partial charge in [0.1, 0.15) is 22.8 Å². The van der Waals surface area contributed by atoms with Gasteiger partial charge in [-0.2, -0.15) is 0 Å². The summed E-state index contributed by atoms with van der Waals surface area (Å²) < 4.78 is 23.0. The number of carbonyl (C=O) groups is 1. The Kier molecular flexibility index (Phi) is 5.69. The normalized spacial score (nSPS) is 12.4. The van der Waals surface area contributed by atoms with Gasteiger partial charge in [0, 0.05) is 6.20 Å². The number of anilines is 1. The molecule has 0 amide bonds. The molecule has 0 aliphatic rings. The number of carbonyl (C=O) groups excluding carboxylic acids is 1. The molecule has 0 unspecified atom stereocenters. The molecule has 3 rings (SSSR count). The molecule has 7 nitrogen and oxygen atoms in total. The van der Waals surface area contributed by atoms with Crippen LogP contribution in [0.1, 0.15) is 52.9 Å². The summed E-state index contributed by atoms with van der Waals surface area (Å²) in [6.45, 7) is 11.3. The molecule has 3 aromatic rings. The Bertz CT molecular complexity index is 1200. The Labute approximate surface area is 180 Å². The van der Waals surface area contributed by atoms with Crippen LogP contribution in [0.4, 0.5) is 14.9 Å². The average Bonchev–Trinajstić information content (AvgIpc) is 2.99. The predicted octanol–water partition coefficient (Wildman–Crippen LogP) is 4.34. The molecule has 2 heterocycles. The first kappa shape index (κ1) is 22.5. The van der Waals surface area contributed by atoms with Crippen molar-refractivity contribution in [1.29, 1.82) is 0 Å². The van der Waals surface area contributed by atoms with Crippen molar-refractivity contribution < 1.29 is 13.9 Å². The van der Waals surface area contributed by atoms with E-state index in [1.54, 1.807) is 39.1 Å². The van der Waals surface area contributed by atoms with Crippen molar-refractivity contribution in [1.82, 2.24) is 14.1 Å². The topological polar surface area (TPSA) is 92.1 Å². The molecule has 0 aliphatic heterocycles. The molecule has 2 aromatic heterocycles. The maximum absolute atomic E-state index is 15.0. The number of imidazole rings is 1. The van der Waals surface area contributed by atoms with E-state index in [1.807, 2.05) is 0 Å². The molecule has 0 aliphatic carbocycles. The van der Waals surface area contributed by atoms with Gasteiger partial charge >= 0.3 is 6.09 Å². The molecule has 0 spiro atoms. The third kappa shape index (κ3) is 4.95. The number of nitrogens with two attached hydrogens (primary N) is 1.